The van der Waals surface area contributed by atoms with Gasteiger partial charge in [0, 0.05) is 12.4 Å². The maximum absolute atomic E-state index is 9.86. The van der Waals surface area contributed by atoms with Crippen molar-refractivity contribution in [3.63, 3.8) is 0 Å². The molecule has 0 saturated heterocycles. The Kier molecular flexibility index (Phi) is 4.76. The Morgan fingerprint density at radius 1 is 1.80 bits per heavy atom. The second-order valence-corrected chi connectivity index (χ2v) is 1.23. The Labute approximate surface area is 68.4 Å². The van der Waals surface area contributed by atoms with Crippen LogP contribution in [0, 0.1) is 0 Å². The fourth-order valence-electron chi connectivity index (χ4n) is 0.377. The molecule has 0 atom stereocenters. The summed E-state index contributed by atoms with van der Waals surface area (Å²) in [7, 11) is 0. The van der Waals surface area contributed by atoms with Crippen molar-refractivity contribution < 1.29 is 28.2 Å². The van der Waals surface area contributed by atoms with E-state index in [1.54, 1.807) is 0 Å². The monoisotopic (exact) mass is 190 g/mol. The third-order valence-electron chi connectivity index (χ3n) is 0.692. The van der Waals surface area contributed by atoms with Gasteiger partial charge < -0.3 is 14.9 Å². The third kappa shape index (κ3) is 2.73. The van der Waals surface area contributed by atoms with Gasteiger partial charge in [-0.15, -0.1) is 0 Å². The number of carboxylic acid groups (broad SMARTS) is 1. The van der Waals surface area contributed by atoms with Gasteiger partial charge >= 0.3 is 23.8 Å². The first-order valence-electron chi connectivity index (χ1n) is 2.72. The van der Waals surface area contributed by atoms with Gasteiger partial charge in [-0.1, -0.05) is 0 Å². The zero-order chi connectivity index (χ0) is 7.98. The predicted octanol–water partition coefficient (Wildman–Crippen LogP) is -0.646. The van der Waals surface area contributed by atoms with Crippen LogP contribution in [0.3, 0.4) is 0 Å². The van der Waals surface area contributed by atoms with Crippen LogP contribution in [0.5, 0.6) is 0 Å². The van der Waals surface area contributed by atoms with Crippen molar-refractivity contribution >= 4 is 5.97 Å². The van der Waals surface area contributed by atoms with Gasteiger partial charge in [0.2, 0.25) is 0 Å². The van der Waals surface area contributed by atoms with Gasteiger partial charge in [0.05, 0.1) is 0 Å². The van der Waals surface area contributed by atoms with Gasteiger partial charge in [0.15, 0.2) is 5.82 Å². The van der Waals surface area contributed by atoms with E-state index in [-0.39, 0.29) is 5.82 Å². The van der Waals surface area contributed by atoms with Gasteiger partial charge in [-0.3, -0.25) is 0 Å². The van der Waals surface area contributed by atoms with E-state index < -0.39 is 5.97 Å². The molecule has 0 saturated carbocycles. The van der Waals surface area contributed by atoms with Crippen LogP contribution in [0.2, 0.25) is 5.52 Å². The van der Waals surface area contributed by atoms with Crippen molar-refractivity contribution in [3.8, 4) is 0 Å². The second-order valence-electron chi connectivity index (χ2n) is 1.23. The molecule has 1 rings (SSSR count). The van der Waals surface area contributed by atoms with Crippen molar-refractivity contribution in [1.29, 1.82) is 0 Å². The standard InChI is InChI=1S/C4H4N2O2.CH3.Zn/c7-4(8)3-5-1-2-6-3;;/h1-2H,(H,5,6)(H,7,8);1H3;/q;;+1/p-1. The van der Waals surface area contributed by atoms with E-state index in [1.165, 1.54) is 30.7 Å². The number of nitrogens with one attached hydrogen (secondary N) is 1. The van der Waals surface area contributed by atoms with Crippen molar-refractivity contribution in [3.05, 3.63) is 18.2 Å². The van der Waals surface area contributed by atoms with Crippen LogP contribution in [0.25, 0.3) is 0 Å². The molecule has 10 heavy (non-hydrogen) atoms. The number of carbonyl (C=O) groups excluding carboxylic acids is 1. The van der Waals surface area contributed by atoms with Crippen molar-refractivity contribution in [2.24, 2.45) is 0 Å². The molecule has 0 spiro atoms. The zero-order valence-corrected chi connectivity index (χ0v) is 8.59. The number of hydrogen-bond acceptors (Lipinski definition) is 3. The second kappa shape index (κ2) is 5.12. The minimum absolute atomic E-state index is 0.134. The molecule has 1 heterocycles. The molecule has 0 aliphatic heterocycles. The van der Waals surface area contributed by atoms with Crippen molar-refractivity contribution in [2.75, 3.05) is 0 Å². The van der Waals surface area contributed by atoms with E-state index in [4.69, 9.17) is 0 Å². The summed E-state index contributed by atoms with van der Waals surface area (Å²) >= 11 is 1.38. The van der Waals surface area contributed by atoms with Crippen LogP contribution in [0.1, 0.15) is 10.6 Å². The molecule has 0 fully saturated rings. The number of imidazole rings is 1. The number of aromatic amines is 1. The topological polar surface area (TPSA) is 68.8 Å². The fourth-order valence-corrected chi connectivity index (χ4v) is 0.377. The number of rotatable bonds is 1. The number of carbonyl (C=O) groups is 1. The van der Waals surface area contributed by atoms with Crippen LogP contribution >= 0.6 is 0 Å². The van der Waals surface area contributed by atoms with Crippen LogP contribution in [0.4, 0.5) is 0 Å². The van der Waals surface area contributed by atoms with Gasteiger partial charge in [-0.25, -0.2) is 4.98 Å². The summed E-state index contributed by atoms with van der Waals surface area (Å²) in [6, 6.07) is 0. The van der Waals surface area contributed by atoms with Crippen LogP contribution in [0.15, 0.2) is 12.4 Å². The summed E-state index contributed by atoms with van der Waals surface area (Å²) in [6.07, 6.45) is 2.77. The molecule has 50 valence electrons. The Balaban J connectivity index is 0.000000371. The van der Waals surface area contributed by atoms with Crippen LogP contribution in [-0.4, -0.2) is 15.9 Å². The quantitative estimate of drug-likeness (QED) is 0.600. The molecule has 0 radical (unpaired) electrons. The molecule has 4 nitrogen and oxygen atoms in total. The number of hydrogen-bond donors (Lipinski definition) is 1. The van der Waals surface area contributed by atoms with Crippen LogP contribution < -0.4 is 5.11 Å². The van der Waals surface area contributed by atoms with E-state index in [0.29, 0.717) is 0 Å². The minimum atomic E-state index is -1.28. The molecule has 1 aromatic rings. The predicted molar refractivity (Wildman–Crippen MR) is 28.8 cm³/mol. The molecular formula is C5H6N2O2Zn. The number of aromatic nitrogens is 2. The van der Waals surface area contributed by atoms with Crippen molar-refractivity contribution in [1.82, 2.24) is 9.97 Å². The summed E-state index contributed by atoms with van der Waals surface area (Å²) < 4.78 is 0. The SMILES string of the molecule is O=C([O-])c1ncc[nH]1.[CH3][Zn+]. The number of H-pyrrole nitrogens is 1. The first-order chi connectivity index (χ1) is 4.80. The van der Waals surface area contributed by atoms with Gasteiger partial charge in [-0.2, -0.15) is 0 Å². The summed E-state index contributed by atoms with van der Waals surface area (Å²) in [5.74, 6) is -1.42. The van der Waals surface area contributed by atoms with E-state index in [2.05, 4.69) is 15.5 Å². The number of aromatic carboxylic acids is 1. The molecule has 0 aliphatic carbocycles. The summed E-state index contributed by atoms with van der Waals surface area (Å²) in [6.45, 7) is 0. The molecule has 1 N–H and O–H groups in total. The first-order valence-corrected chi connectivity index (χ1v) is 5.69. The Hall–Kier alpha value is -0.697. The average molecular weight is 192 g/mol. The van der Waals surface area contributed by atoms with Gasteiger partial charge in [0.1, 0.15) is 5.97 Å². The van der Waals surface area contributed by atoms with Gasteiger partial charge in [-0.05, 0) is 0 Å². The molecule has 0 aliphatic rings. The third-order valence-corrected chi connectivity index (χ3v) is 0.692. The van der Waals surface area contributed by atoms with Crippen LogP contribution in [-0.2, 0) is 18.3 Å². The van der Waals surface area contributed by atoms with E-state index >= 15 is 0 Å². The molecule has 5 heteroatoms. The molecular weight excluding hydrogens is 185 g/mol. The van der Waals surface area contributed by atoms with E-state index in [1.807, 2.05) is 0 Å². The summed E-state index contributed by atoms with van der Waals surface area (Å²) in [4.78, 5) is 15.6. The molecule has 1 aromatic heterocycles. The fraction of sp³-hybridized carbons (Fsp3) is 0.200. The summed E-state index contributed by atoms with van der Waals surface area (Å²) in [5.41, 5.74) is 2.12. The average Bonchev–Trinajstić information content (AvgIpc) is 2.42. The van der Waals surface area contributed by atoms with Crippen molar-refractivity contribution in [2.45, 2.75) is 5.52 Å². The number of nitrogens with zero attached hydrogens (tertiary/aromatic N) is 1. The molecule has 0 aromatic carbocycles. The normalized spacial score (nSPS) is 7.90. The first kappa shape index (κ1) is 9.30. The van der Waals surface area contributed by atoms with E-state index in [0.717, 1.165) is 0 Å². The zero-order valence-electron chi connectivity index (χ0n) is 5.63. The molecule has 0 bridgehead atoms. The Bertz CT molecular complexity index is 186. The number of carboxylic acids is 1. The van der Waals surface area contributed by atoms with E-state index in [9.17, 15) is 9.90 Å². The summed E-state index contributed by atoms with van der Waals surface area (Å²) in [5, 5.41) is 9.86. The molecule has 0 unspecified atom stereocenters. The Morgan fingerprint density at radius 3 is 2.60 bits per heavy atom. The molecule has 0 amide bonds. The maximum atomic E-state index is 9.86. The Morgan fingerprint density at radius 2 is 2.40 bits per heavy atom. The van der Waals surface area contributed by atoms with Gasteiger partial charge in [0.25, 0.3) is 0 Å².